The molecule has 0 aromatic carbocycles. The molecule has 0 aliphatic carbocycles. The Morgan fingerprint density at radius 1 is 1.40 bits per heavy atom. The summed E-state index contributed by atoms with van der Waals surface area (Å²) in [7, 11) is 0. The van der Waals surface area contributed by atoms with E-state index >= 15 is 0 Å². The Morgan fingerprint density at radius 2 is 2.10 bits per heavy atom. The summed E-state index contributed by atoms with van der Waals surface area (Å²) in [6.07, 6.45) is 0. The molecule has 2 heterocycles. The summed E-state index contributed by atoms with van der Waals surface area (Å²) in [5.41, 5.74) is 5.70. The van der Waals surface area contributed by atoms with Crippen LogP contribution in [-0.4, -0.2) is 55.5 Å². The van der Waals surface area contributed by atoms with E-state index in [-0.39, 0.29) is 30.7 Å². The molecule has 0 saturated carbocycles. The van der Waals surface area contributed by atoms with Crippen LogP contribution in [0.15, 0.2) is 9.53 Å². The molecule has 6 N–H and O–H groups in total. The van der Waals surface area contributed by atoms with Crippen molar-refractivity contribution >= 4 is 33.0 Å². The maximum Gasteiger partial charge on any atom is 0.280 e. The van der Waals surface area contributed by atoms with Crippen molar-refractivity contribution in [2.75, 3.05) is 25.5 Å². The fourth-order valence-corrected chi connectivity index (χ4v) is 2.29. The standard InChI is InChI=1S/C10H15BrN6O3/c11-9-14-6-7(15-10(12)16-8(6)20)17(9)2-1-13-5(3-18)4-19/h5,13,18-19H,1-4H2,(H3,12,15,16,20). The van der Waals surface area contributed by atoms with Crippen molar-refractivity contribution < 1.29 is 10.2 Å². The van der Waals surface area contributed by atoms with Gasteiger partial charge in [0.1, 0.15) is 0 Å². The maximum absolute atomic E-state index is 11.7. The molecule has 0 atom stereocenters. The molecule has 2 rings (SSSR count). The van der Waals surface area contributed by atoms with Crippen molar-refractivity contribution in [3.05, 3.63) is 15.1 Å². The van der Waals surface area contributed by atoms with Gasteiger partial charge in [-0.1, -0.05) is 0 Å². The molecule has 0 fully saturated rings. The number of nitrogens with two attached hydrogens (primary N) is 1. The fraction of sp³-hybridized carbons (Fsp3) is 0.500. The number of aromatic nitrogens is 4. The number of anilines is 1. The molecule has 10 heteroatoms. The van der Waals surface area contributed by atoms with Gasteiger partial charge in [-0.15, -0.1) is 0 Å². The third-order valence-electron chi connectivity index (χ3n) is 2.79. The van der Waals surface area contributed by atoms with Crippen LogP contribution < -0.4 is 16.6 Å². The van der Waals surface area contributed by atoms with Gasteiger partial charge in [0.2, 0.25) is 5.95 Å². The van der Waals surface area contributed by atoms with E-state index in [2.05, 4.69) is 36.2 Å². The van der Waals surface area contributed by atoms with E-state index in [1.165, 1.54) is 0 Å². The minimum Gasteiger partial charge on any atom is -0.395 e. The monoisotopic (exact) mass is 346 g/mol. The SMILES string of the molecule is Nc1nc2c(nc(Br)n2CCNC(CO)CO)c(=O)[nH]1. The van der Waals surface area contributed by atoms with Crippen molar-refractivity contribution in [1.82, 2.24) is 24.8 Å². The molecule has 0 amide bonds. The summed E-state index contributed by atoms with van der Waals surface area (Å²) in [5.74, 6) is 0.0210. The van der Waals surface area contributed by atoms with Gasteiger partial charge in [0.25, 0.3) is 5.56 Å². The topological polar surface area (TPSA) is 142 Å². The third kappa shape index (κ3) is 2.98. The molecule has 0 aliphatic rings. The van der Waals surface area contributed by atoms with Crippen LogP contribution >= 0.6 is 15.9 Å². The number of imidazole rings is 1. The average Bonchev–Trinajstić information content (AvgIpc) is 2.72. The molecule has 0 bridgehead atoms. The lowest BCUT2D eigenvalue weighted by molar-refractivity contribution is 0.170. The van der Waals surface area contributed by atoms with Crippen molar-refractivity contribution in [2.24, 2.45) is 0 Å². The number of hydrogen-bond donors (Lipinski definition) is 5. The van der Waals surface area contributed by atoms with E-state index in [0.29, 0.717) is 23.5 Å². The number of aliphatic hydroxyl groups is 2. The summed E-state index contributed by atoms with van der Waals surface area (Å²) in [6.45, 7) is 0.591. The van der Waals surface area contributed by atoms with Gasteiger partial charge in [0.15, 0.2) is 15.9 Å². The summed E-state index contributed by atoms with van der Waals surface area (Å²) >= 11 is 3.26. The number of hydrogen-bond acceptors (Lipinski definition) is 7. The molecule has 110 valence electrons. The zero-order chi connectivity index (χ0) is 14.7. The smallest absolute Gasteiger partial charge is 0.280 e. The number of halogens is 1. The molecular weight excluding hydrogens is 332 g/mol. The first-order valence-corrected chi connectivity index (χ1v) is 6.72. The minimum atomic E-state index is -0.400. The summed E-state index contributed by atoms with van der Waals surface area (Å²) < 4.78 is 2.14. The van der Waals surface area contributed by atoms with Gasteiger partial charge in [-0.3, -0.25) is 9.78 Å². The highest BCUT2D eigenvalue weighted by atomic mass is 79.9. The first-order chi connectivity index (χ1) is 9.56. The fourth-order valence-electron chi connectivity index (χ4n) is 1.77. The van der Waals surface area contributed by atoms with E-state index in [4.69, 9.17) is 15.9 Å². The van der Waals surface area contributed by atoms with Gasteiger partial charge in [0, 0.05) is 13.1 Å². The van der Waals surface area contributed by atoms with Gasteiger partial charge >= 0.3 is 0 Å². The zero-order valence-electron chi connectivity index (χ0n) is 10.5. The van der Waals surface area contributed by atoms with E-state index in [0.717, 1.165) is 0 Å². The van der Waals surface area contributed by atoms with Crippen LogP contribution in [0.2, 0.25) is 0 Å². The third-order valence-corrected chi connectivity index (χ3v) is 3.39. The lowest BCUT2D eigenvalue weighted by Gasteiger charge is -2.13. The molecule has 0 unspecified atom stereocenters. The van der Waals surface area contributed by atoms with Crippen LogP contribution in [0.5, 0.6) is 0 Å². The van der Waals surface area contributed by atoms with E-state index in [9.17, 15) is 4.79 Å². The van der Waals surface area contributed by atoms with Gasteiger partial charge in [-0.05, 0) is 15.9 Å². The second kappa shape index (κ2) is 6.31. The van der Waals surface area contributed by atoms with Gasteiger partial charge in [-0.25, -0.2) is 4.98 Å². The van der Waals surface area contributed by atoms with E-state index in [1.54, 1.807) is 4.57 Å². The molecule has 9 nitrogen and oxygen atoms in total. The minimum absolute atomic E-state index is 0.0210. The first kappa shape index (κ1) is 14.9. The molecule has 0 spiro atoms. The predicted molar refractivity (Wildman–Crippen MR) is 76.2 cm³/mol. The van der Waals surface area contributed by atoms with Crippen molar-refractivity contribution in [3.8, 4) is 0 Å². The molecule has 0 aliphatic heterocycles. The Morgan fingerprint density at radius 3 is 2.75 bits per heavy atom. The van der Waals surface area contributed by atoms with Crippen LogP contribution in [0.25, 0.3) is 11.2 Å². The molecule has 2 aromatic heterocycles. The summed E-state index contributed by atoms with van der Waals surface area (Å²) in [4.78, 5) is 22.2. The van der Waals surface area contributed by atoms with Gasteiger partial charge < -0.3 is 25.8 Å². The van der Waals surface area contributed by atoms with Crippen molar-refractivity contribution in [1.29, 1.82) is 0 Å². The highest BCUT2D eigenvalue weighted by molar-refractivity contribution is 9.10. The lowest BCUT2D eigenvalue weighted by Crippen LogP contribution is -2.37. The summed E-state index contributed by atoms with van der Waals surface area (Å²) in [6, 6.07) is -0.384. The highest BCUT2D eigenvalue weighted by Gasteiger charge is 2.14. The Labute approximate surface area is 122 Å². The molecule has 2 aromatic rings. The number of nitrogens with zero attached hydrogens (tertiary/aromatic N) is 3. The highest BCUT2D eigenvalue weighted by Crippen LogP contribution is 2.15. The van der Waals surface area contributed by atoms with Crippen LogP contribution in [0.3, 0.4) is 0 Å². The lowest BCUT2D eigenvalue weighted by atomic mass is 10.3. The first-order valence-electron chi connectivity index (χ1n) is 5.93. The van der Waals surface area contributed by atoms with E-state index in [1.807, 2.05) is 0 Å². The van der Waals surface area contributed by atoms with Gasteiger partial charge in [-0.2, -0.15) is 4.98 Å². The van der Waals surface area contributed by atoms with Crippen molar-refractivity contribution in [3.63, 3.8) is 0 Å². The Bertz CT molecular complexity index is 650. The Balaban J connectivity index is 2.22. The number of nitrogens with one attached hydrogen (secondary N) is 2. The predicted octanol–water partition coefficient (Wildman–Crippen LogP) is -1.59. The number of rotatable bonds is 6. The molecule has 20 heavy (non-hydrogen) atoms. The summed E-state index contributed by atoms with van der Waals surface area (Å²) in [5, 5.41) is 20.9. The maximum atomic E-state index is 11.7. The van der Waals surface area contributed by atoms with Crippen LogP contribution in [0.4, 0.5) is 5.95 Å². The van der Waals surface area contributed by atoms with E-state index < -0.39 is 5.56 Å². The molecular formula is C10H15BrN6O3. The Hall–Kier alpha value is -1.49. The number of H-pyrrole nitrogens is 1. The number of aromatic amines is 1. The van der Waals surface area contributed by atoms with Crippen LogP contribution in [-0.2, 0) is 6.54 Å². The van der Waals surface area contributed by atoms with Crippen LogP contribution in [0, 0.1) is 0 Å². The number of fused-ring (bicyclic) bond motifs is 1. The van der Waals surface area contributed by atoms with Crippen molar-refractivity contribution in [2.45, 2.75) is 12.6 Å². The normalized spacial score (nSPS) is 11.6. The van der Waals surface area contributed by atoms with Gasteiger partial charge in [0.05, 0.1) is 19.3 Å². The average molecular weight is 347 g/mol. The quantitative estimate of drug-likeness (QED) is 0.397. The second-order valence-corrected chi connectivity index (χ2v) is 4.88. The Kier molecular flexibility index (Phi) is 4.70. The molecule has 0 radical (unpaired) electrons. The largest absolute Gasteiger partial charge is 0.395 e. The second-order valence-electron chi connectivity index (χ2n) is 4.17. The number of aliphatic hydroxyl groups excluding tert-OH is 2. The van der Waals surface area contributed by atoms with Crippen LogP contribution in [0.1, 0.15) is 0 Å². The number of nitrogen functional groups attached to an aromatic ring is 1. The molecule has 0 saturated heterocycles. The zero-order valence-corrected chi connectivity index (χ0v) is 12.1.